The fourth-order valence-corrected chi connectivity index (χ4v) is 3.71. The number of hydrogen-bond acceptors (Lipinski definition) is 3. The van der Waals surface area contributed by atoms with Crippen LogP contribution in [0.4, 0.5) is 10.1 Å². The van der Waals surface area contributed by atoms with Crippen LogP contribution in [0, 0.1) is 12.7 Å². The van der Waals surface area contributed by atoms with Crippen molar-refractivity contribution in [2.75, 3.05) is 5.32 Å². The Kier molecular flexibility index (Phi) is 5.27. The van der Waals surface area contributed by atoms with E-state index in [0.717, 1.165) is 4.47 Å². The minimum absolute atomic E-state index is 0.0287. The number of aryl methyl sites for hydroxylation is 1. The summed E-state index contributed by atoms with van der Waals surface area (Å²) in [6.07, 6.45) is 0. The van der Waals surface area contributed by atoms with Crippen LogP contribution in [0.15, 0.2) is 49.9 Å². The third-order valence-corrected chi connectivity index (χ3v) is 4.93. The molecule has 0 aliphatic carbocycles. The first kappa shape index (κ1) is 18.1. The fourth-order valence-electron chi connectivity index (χ4n) is 2.31. The highest BCUT2D eigenvalue weighted by molar-refractivity contribution is 9.11. The van der Waals surface area contributed by atoms with E-state index in [4.69, 9.17) is 16.1 Å². The highest BCUT2D eigenvalue weighted by atomic mass is 79.9. The quantitative estimate of drug-likeness (QED) is 0.476. The predicted molar refractivity (Wildman–Crippen MR) is 101 cm³/mol. The Balaban J connectivity index is 2.03. The highest BCUT2D eigenvalue weighted by Gasteiger charge is 2.25. The van der Waals surface area contributed by atoms with Gasteiger partial charge in [0.1, 0.15) is 22.8 Å². The number of nitrogens with zero attached hydrogens (tertiary/aromatic N) is 1. The van der Waals surface area contributed by atoms with Crippen molar-refractivity contribution >= 4 is 55.1 Å². The zero-order valence-electron chi connectivity index (χ0n) is 12.7. The maximum absolute atomic E-state index is 14.2. The van der Waals surface area contributed by atoms with Crippen LogP contribution in [-0.4, -0.2) is 11.1 Å². The summed E-state index contributed by atoms with van der Waals surface area (Å²) in [6, 6.07) is 9.56. The fraction of sp³-hybridized carbons (Fsp3) is 0.0588. The number of aromatic nitrogens is 1. The molecule has 0 unspecified atom stereocenters. The molecule has 8 heteroatoms. The van der Waals surface area contributed by atoms with Crippen molar-refractivity contribution in [3.63, 3.8) is 0 Å². The van der Waals surface area contributed by atoms with Gasteiger partial charge >= 0.3 is 0 Å². The summed E-state index contributed by atoms with van der Waals surface area (Å²) in [4.78, 5) is 12.7. The van der Waals surface area contributed by atoms with Gasteiger partial charge in [-0.1, -0.05) is 38.8 Å². The normalized spacial score (nSPS) is 10.8. The van der Waals surface area contributed by atoms with Gasteiger partial charge in [0.2, 0.25) is 0 Å². The van der Waals surface area contributed by atoms with Crippen molar-refractivity contribution < 1.29 is 13.7 Å². The average Bonchev–Trinajstić information content (AvgIpc) is 2.91. The van der Waals surface area contributed by atoms with Gasteiger partial charge in [0.15, 0.2) is 0 Å². The van der Waals surface area contributed by atoms with E-state index in [1.165, 1.54) is 18.2 Å². The first-order valence-corrected chi connectivity index (χ1v) is 9.02. The molecule has 0 spiro atoms. The number of hydrogen-bond donors (Lipinski definition) is 1. The molecule has 1 amide bonds. The molecule has 0 saturated carbocycles. The molecule has 3 rings (SSSR count). The number of rotatable bonds is 3. The number of benzene rings is 2. The summed E-state index contributed by atoms with van der Waals surface area (Å²) in [7, 11) is 0. The average molecular weight is 489 g/mol. The smallest absolute Gasteiger partial charge is 0.261 e. The molecule has 3 aromatic rings. The Bertz CT molecular complexity index is 955. The van der Waals surface area contributed by atoms with Gasteiger partial charge in [0.25, 0.3) is 5.91 Å². The molecule has 1 N–H and O–H groups in total. The molecule has 2 aromatic carbocycles. The molecule has 0 radical (unpaired) electrons. The molecule has 128 valence electrons. The maximum Gasteiger partial charge on any atom is 0.261 e. The van der Waals surface area contributed by atoms with Gasteiger partial charge in [0.05, 0.1) is 16.3 Å². The van der Waals surface area contributed by atoms with E-state index in [9.17, 15) is 9.18 Å². The Hall–Kier alpha value is -1.70. The zero-order valence-corrected chi connectivity index (χ0v) is 16.7. The number of carbonyl (C=O) groups is 1. The zero-order chi connectivity index (χ0) is 18.1. The van der Waals surface area contributed by atoms with Crippen molar-refractivity contribution in [2.45, 2.75) is 6.92 Å². The minimum atomic E-state index is -0.584. The third kappa shape index (κ3) is 3.63. The van der Waals surface area contributed by atoms with E-state index in [2.05, 4.69) is 42.3 Å². The second kappa shape index (κ2) is 7.27. The summed E-state index contributed by atoms with van der Waals surface area (Å²) < 4.78 is 20.9. The van der Waals surface area contributed by atoms with E-state index >= 15 is 0 Å². The predicted octanol–water partition coefficient (Wildman–Crippen LogP) is 6.22. The van der Waals surface area contributed by atoms with Crippen molar-refractivity contribution in [3.8, 4) is 11.3 Å². The number of carbonyl (C=O) groups excluding carboxylic acids is 1. The van der Waals surface area contributed by atoms with Gasteiger partial charge in [-0.2, -0.15) is 0 Å². The summed E-state index contributed by atoms with van der Waals surface area (Å²) in [6.45, 7) is 1.58. The van der Waals surface area contributed by atoms with Gasteiger partial charge in [0, 0.05) is 8.95 Å². The largest absolute Gasteiger partial charge is 0.360 e. The van der Waals surface area contributed by atoms with Crippen LogP contribution in [0.3, 0.4) is 0 Å². The lowest BCUT2D eigenvalue weighted by Gasteiger charge is -2.09. The Morgan fingerprint density at radius 3 is 2.72 bits per heavy atom. The highest BCUT2D eigenvalue weighted by Crippen LogP contribution is 2.34. The van der Waals surface area contributed by atoms with E-state index < -0.39 is 11.7 Å². The lowest BCUT2D eigenvalue weighted by atomic mass is 10.0. The first-order valence-electron chi connectivity index (χ1n) is 7.05. The Morgan fingerprint density at radius 2 is 2.04 bits per heavy atom. The molecule has 0 aliphatic heterocycles. The maximum atomic E-state index is 14.2. The standard InChI is InChI=1S/C17H10Br2ClFN2O2/c1-8-14(17(24)22-13-6-5-9(18)7-10(13)19)16(23-25-8)15-11(20)3-2-4-12(15)21/h2-7H,1H3,(H,22,24). The number of halogens is 4. The molecule has 0 saturated heterocycles. The van der Waals surface area contributed by atoms with Gasteiger partial charge in [-0.15, -0.1) is 0 Å². The molecule has 4 nitrogen and oxygen atoms in total. The molecule has 25 heavy (non-hydrogen) atoms. The van der Waals surface area contributed by atoms with Gasteiger partial charge in [-0.3, -0.25) is 4.79 Å². The molecule has 1 heterocycles. The minimum Gasteiger partial charge on any atom is -0.360 e. The van der Waals surface area contributed by atoms with Gasteiger partial charge < -0.3 is 9.84 Å². The summed E-state index contributed by atoms with van der Waals surface area (Å²) in [5.74, 6) is -0.796. The number of anilines is 1. The molecule has 0 fully saturated rings. The van der Waals surface area contributed by atoms with E-state index in [1.807, 2.05) is 0 Å². The van der Waals surface area contributed by atoms with Crippen LogP contribution >= 0.6 is 43.5 Å². The summed E-state index contributed by atoms with van der Waals surface area (Å²) in [5, 5.41) is 6.73. The van der Waals surface area contributed by atoms with Crippen molar-refractivity contribution in [2.24, 2.45) is 0 Å². The lowest BCUT2D eigenvalue weighted by Crippen LogP contribution is -2.14. The van der Waals surface area contributed by atoms with Crippen molar-refractivity contribution in [1.29, 1.82) is 0 Å². The number of amides is 1. The van der Waals surface area contributed by atoms with Crippen molar-refractivity contribution in [1.82, 2.24) is 5.16 Å². The van der Waals surface area contributed by atoms with Crippen LogP contribution in [0.5, 0.6) is 0 Å². The molecular formula is C17H10Br2ClFN2O2. The molecule has 1 aromatic heterocycles. The molecule has 0 bridgehead atoms. The van der Waals surface area contributed by atoms with Crippen LogP contribution in [-0.2, 0) is 0 Å². The van der Waals surface area contributed by atoms with Gasteiger partial charge in [-0.25, -0.2) is 4.39 Å². The SMILES string of the molecule is Cc1onc(-c2c(F)cccc2Cl)c1C(=O)Nc1ccc(Br)cc1Br. The second-order valence-electron chi connectivity index (χ2n) is 5.14. The van der Waals surface area contributed by atoms with Crippen LogP contribution < -0.4 is 5.32 Å². The number of nitrogens with one attached hydrogen (secondary N) is 1. The lowest BCUT2D eigenvalue weighted by molar-refractivity contribution is 0.102. The first-order chi connectivity index (χ1) is 11.9. The molecular weight excluding hydrogens is 478 g/mol. The van der Waals surface area contributed by atoms with Crippen molar-refractivity contribution in [3.05, 3.63) is 67.5 Å². The monoisotopic (exact) mass is 486 g/mol. The van der Waals surface area contributed by atoms with Gasteiger partial charge in [-0.05, 0) is 53.2 Å². The van der Waals surface area contributed by atoms with Crippen LogP contribution in [0.2, 0.25) is 5.02 Å². The van der Waals surface area contributed by atoms with E-state index in [1.54, 1.807) is 25.1 Å². The van der Waals surface area contributed by atoms with E-state index in [0.29, 0.717) is 10.2 Å². The summed E-state index contributed by atoms with van der Waals surface area (Å²) in [5.41, 5.74) is 0.772. The molecule has 0 aliphatic rings. The molecule has 0 atom stereocenters. The Labute approximate surface area is 164 Å². The Morgan fingerprint density at radius 1 is 1.28 bits per heavy atom. The topological polar surface area (TPSA) is 55.1 Å². The second-order valence-corrected chi connectivity index (χ2v) is 7.31. The third-order valence-electron chi connectivity index (χ3n) is 3.47. The van der Waals surface area contributed by atoms with Crippen LogP contribution in [0.1, 0.15) is 16.1 Å². The van der Waals surface area contributed by atoms with Crippen LogP contribution in [0.25, 0.3) is 11.3 Å². The summed E-state index contributed by atoms with van der Waals surface area (Å²) >= 11 is 12.8. The van der Waals surface area contributed by atoms with E-state index in [-0.39, 0.29) is 27.6 Å².